The van der Waals surface area contributed by atoms with E-state index in [2.05, 4.69) is 0 Å². The third-order valence-corrected chi connectivity index (χ3v) is 5.79. The van der Waals surface area contributed by atoms with Crippen LogP contribution in [0.25, 0.3) is 0 Å². The number of alkyl halides is 3. The highest BCUT2D eigenvalue weighted by Gasteiger charge is 2.36. The minimum absolute atomic E-state index is 0.0101. The molecule has 1 aromatic carbocycles. The zero-order chi connectivity index (χ0) is 22.9. The molecule has 0 saturated carbocycles. The molecule has 3 rings (SSSR count). The fourth-order valence-electron chi connectivity index (χ4n) is 4.24. The van der Waals surface area contributed by atoms with Crippen LogP contribution in [0.3, 0.4) is 0 Å². The molecule has 2 heterocycles. The number of nitrogens with zero attached hydrogens (tertiary/aromatic N) is 4. The standard InChI is InChI=1S/C20H27F3N4O4/c1-13-11-26(12-14(2)31-13)19(28)15(3)24-6-8-25(9-7-24)17-5-4-16(20(21,22)23)10-18(17)27(29)30/h4-5,10,13-15H,6-9,11-12H2,1-3H3. The second-order valence-electron chi connectivity index (χ2n) is 8.16. The van der Waals surface area contributed by atoms with Crippen LogP contribution in [0.1, 0.15) is 26.3 Å². The molecule has 0 radical (unpaired) electrons. The van der Waals surface area contributed by atoms with Crippen molar-refractivity contribution in [3.63, 3.8) is 0 Å². The summed E-state index contributed by atoms with van der Waals surface area (Å²) in [5, 5.41) is 11.4. The van der Waals surface area contributed by atoms with Gasteiger partial charge in [-0.25, -0.2) is 0 Å². The van der Waals surface area contributed by atoms with E-state index in [1.165, 1.54) is 0 Å². The van der Waals surface area contributed by atoms with Gasteiger partial charge < -0.3 is 14.5 Å². The molecule has 1 aromatic rings. The van der Waals surface area contributed by atoms with Crippen molar-refractivity contribution in [2.45, 2.75) is 45.2 Å². The van der Waals surface area contributed by atoms with Crippen molar-refractivity contribution in [1.29, 1.82) is 0 Å². The molecule has 172 valence electrons. The molecule has 0 aliphatic carbocycles. The summed E-state index contributed by atoms with van der Waals surface area (Å²) in [6.07, 6.45) is -4.71. The van der Waals surface area contributed by atoms with Crippen molar-refractivity contribution < 1.29 is 27.6 Å². The third-order valence-electron chi connectivity index (χ3n) is 5.79. The largest absolute Gasteiger partial charge is 0.416 e. The Hall–Kier alpha value is -2.40. The number of hydrogen-bond donors (Lipinski definition) is 0. The second kappa shape index (κ2) is 8.99. The van der Waals surface area contributed by atoms with Crippen molar-refractivity contribution in [3.05, 3.63) is 33.9 Å². The fourth-order valence-corrected chi connectivity index (χ4v) is 4.24. The topological polar surface area (TPSA) is 79.2 Å². The number of carbonyl (C=O) groups is 1. The minimum atomic E-state index is -4.65. The number of nitro benzene ring substituents is 1. The van der Waals surface area contributed by atoms with Crippen LogP contribution in [0.2, 0.25) is 0 Å². The Balaban J connectivity index is 1.66. The minimum Gasteiger partial charge on any atom is -0.372 e. The van der Waals surface area contributed by atoms with E-state index in [-0.39, 0.29) is 29.8 Å². The maximum absolute atomic E-state index is 12.9. The second-order valence-corrected chi connectivity index (χ2v) is 8.16. The first-order valence-electron chi connectivity index (χ1n) is 10.3. The van der Waals surface area contributed by atoms with Crippen LogP contribution in [-0.4, -0.2) is 78.1 Å². The van der Waals surface area contributed by atoms with E-state index >= 15 is 0 Å². The molecule has 0 spiro atoms. The molecule has 11 heteroatoms. The lowest BCUT2D eigenvalue weighted by Gasteiger charge is -2.41. The molecule has 2 saturated heterocycles. The van der Waals surface area contributed by atoms with E-state index in [1.807, 2.05) is 25.7 Å². The number of halogens is 3. The van der Waals surface area contributed by atoms with Crippen LogP contribution >= 0.6 is 0 Å². The van der Waals surface area contributed by atoms with Gasteiger partial charge in [0.2, 0.25) is 5.91 Å². The molecule has 0 bridgehead atoms. The molecule has 0 N–H and O–H groups in total. The highest BCUT2D eigenvalue weighted by atomic mass is 19.4. The summed E-state index contributed by atoms with van der Waals surface area (Å²) < 4.78 is 44.5. The maximum Gasteiger partial charge on any atom is 0.416 e. The summed E-state index contributed by atoms with van der Waals surface area (Å²) in [7, 11) is 0. The van der Waals surface area contributed by atoms with Crippen LogP contribution in [0.4, 0.5) is 24.5 Å². The number of rotatable bonds is 4. The monoisotopic (exact) mass is 444 g/mol. The maximum atomic E-state index is 12.9. The van der Waals surface area contributed by atoms with Gasteiger partial charge in [0.25, 0.3) is 5.69 Å². The van der Waals surface area contributed by atoms with Crippen molar-refractivity contribution in [2.24, 2.45) is 0 Å². The number of hydrogen-bond acceptors (Lipinski definition) is 6. The predicted octanol–water partition coefficient (Wildman–Crippen LogP) is 2.76. The number of morpholine rings is 1. The van der Waals surface area contributed by atoms with E-state index in [4.69, 9.17) is 4.74 Å². The normalized spacial score (nSPS) is 24.2. The lowest BCUT2D eigenvalue weighted by Crippen LogP contribution is -2.57. The summed E-state index contributed by atoms with van der Waals surface area (Å²) in [6, 6.07) is 2.24. The highest BCUT2D eigenvalue weighted by Crippen LogP contribution is 2.36. The molecule has 3 atom stereocenters. The lowest BCUT2D eigenvalue weighted by atomic mass is 10.1. The van der Waals surface area contributed by atoms with Gasteiger partial charge in [0.1, 0.15) is 5.69 Å². The van der Waals surface area contributed by atoms with Gasteiger partial charge in [0, 0.05) is 45.3 Å². The van der Waals surface area contributed by atoms with Gasteiger partial charge in [-0.1, -0.05) is 0 Å². The first-order valence-corrected chi connectivity index (χ1v) is 10.3. The van der Waals surface area contributed by atoms with Crippen molar-refractivity contribution in [2.75, 3.05) is 44.2 Å². The van der Waals surface area contributed by atoms with Gasteiger partial charge in [-0.3, -0.25) is 19.8 Å². The van der Waals surface area contributed by atoms with Crippen molar-refractivity contribution in [1.82, 2.24) is 9.80 Å². The fraction of sp³-hybridized carbons (Fsp3) is 0.650. The van der Waals surface area contributed by atoms with Crippen molar-refractivity contribution >= 4 is 17.3 Å². The SMILES string of the molecule is CC1CN(C(=O)C(C)N2CCN(c3ccc(C(F)(F)F)cc3[N+](=O)[O-])CC2)CC(C)O1. The highest BCUT2D eigenvalue weighted by molar-refractivity contribution is 5.81. The molecular formula is C20H27F3N4O4. The van der Waals surface area contributed by atoms with Crippen LogP contribution in [-0.2, 0) is 15.7 Å². The van der Waals surface area contributed by atoms with Gasteiger partial charge in [0.05, 0.1) is 28.7 Å². The number of ether oxygens (including phenoxy) is 1. The Labute approximate surface area is 178 Å². The quantitative estimate of drug-likeness (QED) is 0.525. The number of carbonyl (C=O) groups excluding carboxylic acids is 1. The van der Waals surface area contributed by atoms with E-state index < -0.39 is 22.4 Å². The van der Waals surface area contributed by atoms with E-state index in [1.54, 1.807) is 9.80 Å². The number of anilines is 1. The Bertz CT molecular complexity index is 817. The van der Waals surface area contributed by atoms with E-state index in [0.29, 0.717) is 45.3 Å². The van der Waals surface area contributed by atoms with Gasteiger partial charge in [-0.2, -0.15) is 13.2 Å². The van der Waals surface area contributed by atoms with Crippen LogP contribution < -0.4 is 4.90 Å². The van der Waals surface area contributed by atoms with Crippen LogP contribution in [0, 0.1) is 10.1 Å². The van der Waals surface area contributed by atoms with Crippen LogP contribution in [0.15, 0.2) is 18.2 Å². The molecule has 8 nitrogen and oxygen atoms in total. The summed E-state index contributed by atoms with van der Waals surface area (Å²) >= 11 is 0. The first-order chi connectivity index (χ1) is 14.5. The van der Waals surface area contributed by atoms with E-state index in [9.17, 15) is 28.1 Å². The summed E-state index contributed by atoms with van der Waals surface area (Å²) in [6.45, 7) is 8.45. The molecule has 2 fully saturated rings. The number of nitro groups is 1. The molecule has 3 unspecified atom stereocenters. The summed E-state index contributed by atoms with van der Waals surface area (Å²) in [5.74, 6) is 0.0101. The number of piperazine rings is 1. The van der Waals surface area contributed by atoms with Gasteiger partial charge in [-0.05, 0) is 32.9 Å². The molecule has 1 amide bonds. The van der Waals surface area contributed by atoms with Gasteiger partial charge in [-0.15, -0.1) is 0 Å². The van der Waals surface area contributed by atoms with Gasteiger partial charge >= 0.3 is 6.18 Å². The Morgan fingerprint density at radius 2 is 1.74 bits per heavy atom. The average molecular weight is 444 g/mol. The molecular weight excluding hydrogens is 417 g/mol. The Kier molecular flexibility index (Phi) is 6.75. The zero-order valence-corrected chi connectivity index (χ0v) is 17.8. The summed E-state index contributed by atoms with van der Waals surface area (Å²) in [4.78, 5) is 29.0. The molecule has 2 aliphatic rings. The summed E-state index contributed by atoms with van der Waals surface area (Å²) in [5.41, 5.74) is -1.45. The Morgan fingerprint density at radius 1 is 1.16 bits per heavy atom. The molecule has 31 heavy (non-hydrogen) atoms. The first kappa shape index (κ1) is 23.3. The number of amides is 1. The van der Waals surface area contributed by atoms with Crippen LogP contribution in [0.5, 0.6) is 0 Å². The average Bonchev–Trinajstić information content (AvgIpc) is 2.71. The third kappa shape index (κ3) is 5.27. The Morgan fingerprint density at radius 3 is 2.26 bits per heavy atom. The van der Waals surface area contributed by atoms with E-state index in [0.717, 1.165) is 12.1 Å². The predicted molar refractivity (Wildman–Crippen MR) is 108 cm³/mol. The lowest BCUT2D eigenvalue weighted by molar-refractivity contribution is -0.384. The zero-order valence-electron chi connectivity index (χ0n) is 17.8. The number of benzene rings is 1. The van der Waals surface area contributed by atoms with Gasteiger partial charge in [0.15, 0.2) is 0 Å². The van der Waals surface area contributed by atoms with Crippen molar-refractivity contribution in [3.8, 4) is 0 Å². The smallest absolute Gasteiger partial charge is 0.372 e. The molecule has 2 aliphatic heterocycles. The molecule has 0 aromatic heterocycles.